The van der Waals surface area contributed by atoms with Crippen LogP contribution in [0.4, 0.5) is 5.69 Å². The van der Waals surface area contributed by atoms with Crippen molar-refractivity contribution >= 4 is 28.3 Å². The molecular weight excluding hydrogens is 392 g/mol. The average Bonchev–Trinajstić information content (AvgIpc) is 3.18. The summed E-state index contributed by atoms with van der Waals surface area (Å²) in [6.45, 7) is 1.65. The van der Waals surface area contributed by atoms with Crippen molar-refractivity contribution in [2.24, 2.45) is 4.99 Å². The highest BCUT2D eigenvalue weighted by atomic mass is 16.2. The summed E-state index contributed by atoms with van der Waals surface area (Å²) in [6, 6.07) is 7.62. The third-order valence-electron chi connectivity index (χ3n) is 5.04. The molecule has 0 aliphatic carbocycles. The van der Waals surface area contributed by atoms with E-state index in [2.05, 4.69) is 35.7 Å². The Hall–Kier alpha value is -3.72. The molecule has 1 aliphatic rings. The number of carbonyl (C=O) groups is 1. The van der Waals surface area contributed by atoms with Gasteiger partial charge in [0, 0.05) is 48.2 Å². The van der Waals surface area contributed by atoms with Gasteiger partial charge in [-0.3, -0.25) is 19.9 Å². The second-order valence-corrected chi connectivity index (χ2v) is 7.74. The van der Waals surface area contributed by atoms with Gasteiger partial charge in [0.05, 0.1) is 17.7 Å². The number of allylic oxidation sites excluding steroid dienone is 1. The van der Waals surface area contributed by atoms with Crippen molar-refractivity contribution in [2.75, 3.05) is 32.9 Å². The van der Waals surface area contributed by atoms with E-state index in [0.717, 1.165) is 53.1 Å². The number of hydrogen-bond donors (Lipinski definition) is 4. The molecule has 4 rings (SSSR count). The lowest BCUT2D eigenvalue weighted by Crippen LogP contribution is -2.31. The van der Waals surface area contributed by atoms with E-state index in [1.807, 2.05) is 38.4 Å². The van der Waals surface area contributed by atoms with Crippen LogP contribution in [0.25, 0.3) is 22.0 Å². The van der Waals surface area contributed by atoms with E-state index >= 15 is 0 Å². The summed E-state index contributed by atoms with van der Waals surface area (Å²) in [5.74, 6) is 0.681. The van der Waals surface area contributed by atoms with Crippen LogP contribution in [0.5, 0.6) is 0 Å². The van der Waals surface area contributed by atoms with Crippen molar-refractivity contribution in [3.8, 4) is 11.1 Å². The molecule has 9 nitrogen and oxygen atoms in total. The average molecular weight is 419 g/mol. The van der Waals surface area contributed by atoms with E-state index in [1.165, 1.54) is 0 Å². The van der Waals surface area contributed by atoms with E-state index in [0.29, 0.717) is 17.8 Å². The number of aromatic amines is 1. The summed E-state index contributed by atoms with van der Waals surface area (Å²) in [4.78, 5) is 23.7. The summed E-state index contributed by atoms with van der Waals surface area (Å²) in [5, 5.41) is 14.0. The number of nitrogens with zero attached hydrogens (tertiary/aromatic N) is 4. The number of hydrogen-bond acceptors (Lipinski definition) is 6. The Morgan fingerprint density at radius 1 is 1.23 bits per heavy atom. The molecule has 31 heavy (non-hydrogen) atoms. The number of carbonyl (C=O) groups excluding carboxylic acids is 1. The topological polar surface area (TPSA) is 124 Å². The lowest BCUT2D eigenvalue weighted by atomic mass is 10.0. The quantitative estimate of drug-likeness (QED) is 0.486. The predicted molar refractivity (Wildman–Crippen MR) is 123 cm³/mol. The van der Waals surface area contributed by atoms with Gasteiger partial charge in [-0.25, -0.2) is 0 Å². The molecule has 160 valence electrons. The van der Waals surface area contributed by atoms with Gasteiger partial charge < -0.3 is 21.3 Å². The summed E-state index contributed by atoms with van der Waals surface area (Å²) in [6.07, 6.45) is 6.61. The molecule has 0 spiro atoms. The smallest absolute Gasteiger partial charge is 0.276 e. The fraction of sp³-hybridized carbons (Fsp3) is 0.273. The van der Waals surface area contributed by atoms with Crippen molar-refractivity contribution in [3.05, 3.63) is 54.3 Å². The molecule has 1 aromatic carbocycles. The zero-order valence-corrected chi connectivity index (χ0v) is 17.6. The number of amidine groups is 1. The van der Waals surface area contributed by atoms with Crippen LogP contribution in [-0.2, 0) is 0 Å². The maximum atomic E-state index is 12.9. The Morgan fingerprint density at radius 2 is 2.10 bits per heavy atom. The van der Waals surface area contributed by atoms with Gasteiger partial charge in [-0.2, -0.15) is 5.10 Å². The molecule has 0 atom stereocenters. The summed E-state index contributed by atoms with van der Waals surface area (Å²) < 4.78 is 0. The Kier molecular flexibility index (Phi) is 5.94. The Labute approximate surface area is 180 Å². The normalized spacial score (nSPS) is 15.2. The maximum Gasteiger partial charge on any atom is 0.276 e. The SMILES string of the molecule is CN(C)CCN=C1CCC(NC(=O)c2n[nH]c3ccc(-c4cncc(N)c4)cc23)=CN1. The van der Waals surface area contributed by atoms with Gasteiger partial charge in [0.15, 0.2) is 5.69 Å². The standard InChI is InChI=1S/C22H26N8O/c1-30(2)8-7-25-20-6-4-17(13-26-20)27-22(31)21-18-10-14(3-5-19(18)28-29-21)15-9-16(23)12-24-11-15/h3,5,9-13H,4,6-8,23H2,1-2H3,(H,25,26)(H,27,31)(H,28,29). The highest BCUT2D eigenvalue weighted by Crippen LogP contribution is 2.26. The fourth-order valence-corrected chi connectivity index (χ4v) is 3.36. The summed E-state index contributed by atoms with van der Waals surface area (Å²) >= 11 is 0. The van der Waals surface area contributed by atoms with Crippen molar-refractivity contribution < 1.29 is 4.79 Å². The second kappa shape index (κ2) is 8.97. The van der Waals surface area contributed by atoms with Gasteiger partial charge in [-0.1, -0.05) is 6.07 Å². The van der Waals surface area contributed by atoms with Gasteiger partial charge >= 0.3 is 0 Å². The largest absolute Gasteiger partial charge is 0.397 e. The van der Waals surface area contributed by atoms with E-state index < -0.39 is 0 Å². The molecule has 0 unspecified atom stereocenters. The Balaban J connectivity index is 1.48. The van der Waals surface area contributed by atoms with Crippen LogP contribution in [0.2, 0.25) is 0 Å². The third-order valence-corrected chi connectivity index (χ3v) is 5.04. The number of likely N-dealkylation sites (N-methyl/N-ethyl adjacent to an activating group) is 1. The zero-order chi connectivity index (χ0) is 21.8. The molecule has 3 aromatic rings. The van der Waals surface area contributed by atoms with Crippen LogP contribution >= 0.6 is 0 Å². The van der Waals surface area contributed by atoms with Gasteiger partial charge in [0.25, 0.3) is 5.91 Å². The van der Waals surface area contributed by atoms with Crippen LogP contribution in [-0.4, -0.2) is 59.0 Å². The number of benzene rings is 1. The first-order valence-electron chi connectivity index (χ1n) is 10.1. The molecule has 0 saturated heterocycles. The van der Waals surface area contributed by atoms with Crippen LogP contribution < -0.4 is 16.4 Å². The second-order valence-electron chi connectivity index (χ2n) is 7.74. The fourth-order valence-electron chi connectivity index (χ4n) is 3.36. The third kappa shape index (κ3) is 4.89. The highest BCUT2D eigenvalue weighted by molar-refractivity contribution is 6.06. The van der Waals surface area contributed by atoms with Crippen LogP contribution in [0.3, 0.4) is 0 Å². The minimum Gasteiger partial charge on any atom is -0.397 e. The van der Waals surface area contributed by atoms with E-state index in [4.69, 9.17) is 5.73 Å². The number of fused-ring (bicyclic) bond motifs is 1. The molecule has 3 heterocycles. The highest BCUT2D eigenvalue weighted by Gasteiger charge is 2.18. The Bertz CT molecular complexity index is 1160. The van der Waals surface area contributed by atoms with Crippen LogP contribution in [0, 0.1) is 0 Å². The number of pyridine rings is 1. The molecule has 5 N–H and O–H groups in total. The first kappa shape index (κ1) is 20.5. The lowest BCUT2D eigenvalue weighted by molar-refractivity contribution is 0.0961. The van der Waals surface area contributed by atoms with Gasteiger partial charge in [0.1, 0.15) is 5.84 Å². The predicted octanol–water partition coefficient (Wildman–Crippen LogP) is 2.12. The summed E-state index contributed by atoms with van der Waals surface area (Å²) in [5.41, 5.74) is 10.2. The van der Waals surface area contributed by atoms with Crippen molar-refractivity contribution in [3.63, 3.8) is 0 Å². The lowest BCUT2D eigenvalue weighted by Gasteiger charge is -2.17. The number of nitrogen functional groups attached to an aromatic ring is 1. The molecule has 1 aliphatic heterocycles. The van der Waals surface area contributed by atoms with Gasteiger partial charge in [-0.05, 0) is 44.3 Å². The van der Waals surface area contributed by atoms with Crippen LogP contribution in [0.15, 0.2) is 53.5 Å². The van der Waals surface area contributed by atoms with Gasteiger partial charge in [0.2, 0.25) is 0 Å². The first-order chi connectivity index (χ1) is 15.0. The molecule has 1 amide bonds. The molecule has 2 aromatic heterocycles. The first-order valence-corrected chi connectivity index (χ1v) is 10.1. The minimum absolute atomic E-state index is 0.254. The maximum absolute atomic E-state index is 12.9. The van der Waals surface area contributed by atoms with Crippen LogP contribution in [0.1, 0.15) is 23.3 Å². The minimum atomic E-state index is -0.254. The van der Waals surface area contributed by atoms with E-state index in [1.54, 1.807) is 18.6 Å². The molecule has 0 bridgehead atoms. The molecule has 0 fully saturated rings. The number of anilines is 1. The van der Waals surface area contributed by atoms with Crippen molar-refractivity contribution in [1.29, 1.82) is 0 Å². The number of rotatable bonds is 6. The van der Waals surface area contributed by atoms with Gasteiger partial charge in [-0.15, -0.1) is 0 Å². The number of aliphatic imine (C=N–C) groups is 1. The number of amides is 1. The number of aromatic nitrogens is 3. The summed E-state index contributed by atoms with van der Waals surface area (Å²) in [7, 11) is 4.05. The number of nitrogens with one attached hydrogen (secondary N) is 3. The number of nitrogens with two attached hydrogens (primary N) is 1. The molecule has 0 saturated carbocycles. The zero-order valence-electron chi connectivity index (χ0n) is 17.6. The molecule has 0 radical (unpaired) electrons. The van der Waals surface area contributed by atoms with E-state index in [9.17, 15) is 4.79 Å². The Morgan fingerprint density at radius 3 is 2.84 bits per heavy atom. The molecular formula is C22H26N8O. The number of H-pyrrole nitrogens is 1. The van der Waals surface area contributed by atoms with Crippen molar-refractivity contribution in [2.45, 2.75) is 12.8 Å². The van der Waals surface area contributed by atoms with E-state index in [-0.39, 0.29) is 5.91 Å². The van der Waals surface area contributed by atoms with Crippen molar-refractivity contribution in [1.82, 2.24) is 30.7 Å². The molecule has 9 heteroatoms. The monoisotopic (exact) mass is 418 g/mol.